The van der Waals surface area contributed by atoms with Gasteiger partial charge in [0.15, 0.2) is 0 Å². The Morgan fingerprint density at radius 1 is 1.04 bits per heavy atom. The third-order valence-electron chi connectivity index (χ3n) is 3.78. The monoisotopic (exact) mass is 326 g/mol. The molecule has 0 aromatic heterocycles. The quantitative estimate of drug-likeness (QED) is 0.635. The Labute approximate surface area is 142 Å². The van der Waals surface area contributed by atoms with E-state index in [4.69, 9.17) is 4.74 Å². The lowest BCUT2D eigenvalue weighted by Crippen LogP contribution is -2.18. The van der Waals surface area contributed by atoms with E-state index < -0.39 is 17.9 Å². The number of hydrogen-bond acceptors (Lipinski definition) is 3. The number of rotatable bonds is 6. The summed E-state index contributed by atoms with van der Waals surface area (Å²) in [7, 11) is 0. The van der Waals surface area contributed by atoms with Gasteiger partial charge in [0.1, 0.15) is 11.3 Å². The molecule has 0 bridgehead atoms. The number of carboxylic acids is 1. The minimum atomic E-state index is -1.11. The van der Waals surface area contributed by atoms with Crippen LogP contribution in [0.4, 0.5) is 0 Å². The molecule has 0 aliphatic carbocycles. The third-order valence-corrected chi connectivity index (χ3v) is 3.78. The molecule has 0 aliphatic heterocycles. The Kier molecular flexibility index (Phi) is 5.74. The molecule has 0 aliphatic rings. The molecule has 4 nitrogen and oxygen atoms in total. The molecular weight excluding hydrogens is 304 g/mol. The van der Waals surface area contributed by atoms with E-state index in [-0.39, 0.29) is 11.3 Å². The van der Waals surface area contributed by atoms with Crippen LogP contribution in [-0.2, 0) is 11.2 Å². The number of benzene rings is 2. The summed E-state index contributed by atoms with van der Waals surface area (Å²) in [5.74, 6) is -1.52. The summed E-state index contributed by atoms with van der Waals surface area (Å²) >= 11 is 0. The molecule has 0 saturated carbocycles. The number of carbonyl (C=O) groups excluding carboxylic acids is 1. The molecule has 2 aromatic carbocycles. The fourth-order valence-corrected chi connectivity index (χ4v) is 2.50. The molecule has 1 unspecified atom stereocenters. The van der Waals surface area contributed by atoms with E-state index >= 15 is 0 Å². The average Bonchev–Trinajstić information content (AvgIpc) is 2.54. The van der Waals surface area contributed by atoms with Crippen LogP contribution in [0.1, 0.15) is 48.2 Å². The largest absolute Gasteiger partial charge is 0.478 e. The van der Waals surface area contributed by atoms with Gasteiger partial charge in [-0.15, -0.1) is 0 Å². The average molecular weight is 326 g/mol. The normalized spacial score (nSPS) is 12.0. The highest BCUT2D eigenvalue weighted by Crippen LogP contribution is 2.25. The van der Waals surface area contributed by atoms with E-state index in [0.29, 0.717) is 5.92 Å². The van der Waals surface area contributed by atoms with Crippen LogP contribution < -0.4 is 4.74 Å². The van der Waals surface area contributed by atoms with Crippen molar-refractivity contribution >= 4 is 11.9 Å². The zero-order valence-corrected chi connectivity index (χ0v) is 14.2. The Bertz CT molecular complexity index is 720. The number of carbonyl (C=O) groups is 2. The lowest BCUT2D eigenvalue weighted by molar-refractivity contribution is -0.135. The molecule has 0 spiro atoms. The molecular formula is C20H22O4. The predicted octanol–water partition coefficient (Wildman–Crippen LogP) is 4.29. The summed E-state index contributed by atoms with van der Waals surface area (Å²) in [4.78, 5) is 23.8. The van der Waals surface area contributed by atoms with Crippen LogP contribution in [0, 0.1) is 5.92 Å². The van der Waals surface area contributed by atoms with Gasteiger partial charge in [-0.2, -0.15) is 0 Å². The third kappa shape index (κ3) is 4.44. The Hall–Kier alpha value is -2.62. The van der Waals surface area contributed by atoms with Crippen molar-refractivity contribution in [3.63, 3.8) is 0 Å². The van der Waals surface area contributed by atoms with Crippen molar-refractivity contribution in [3.05, 3.63) is 65.2 Å². The standard InChI is InChI=1S/C20H22O4/c1-13(2)11-15-9-10-17(19(21)22)18(12-15)24-20(23)14(3)16-7-5-4-6-8-16/h4-10,12-14H,11H2,1-3H3,(H,21,22). The molecule has 0 radical (unpaired) electrons. The topological polar surface area (TPSA) is 63.6 Å². The number of esters is 1. The van der Waals surface area contributed by atoms with Gasteiger partial charge >= 0.3 is 11.9 Å². The predicted molar refractivity (Wildman–Crippen MR) is 92.4 cm³/mol. The van der Waals surface area contributed by atoms with Crippen LogP contribution in [0.25, 0.3) is 0 Å². The van der Waals surface area contributed by atoms with Gasteiger partial charge in [0.05, 0.1) is 5.92 Å². The van der Waals surface area contributed by atoms with Gasteiger partial charge in [-0.3, -0.25) is 4.79 Å². The van der Waals surface area contributed by atoms with Gasteiger partial charge in [0, 0.05) is 0 Å². The SMILES string of the molecule is CC(C)Cc1ccc(C(=O)O)c(OC(=O)C(C)c2ccccc2)c1. The summed E-state index contributed by atoms with van der Waals surface area (Å²) in [6, 6.07) is 14.2. The van der Waals surface area contributed by atoms with Gasteiger partial charge in [-0.1, -0.05) is 50.2 Å². The summed E-state index contributed by atoms with van der Waals surface area (Å²) in [5, 5.41) is 9.32. The Morgan fingerprint density at radius 3 is 2.29 bits per heavy atom. The summed E-state index contributed by atoms with van der Waals surface area (Å²) in [6.45, 7) is 5.90. The molecule has 2 aromatic rings. The van der Waals surface area contributed by atoms with Gasteiger partial charge in [0.2, 0.25) is 0 Å². The molecule has 0 fully saturated rings. The van der Waals surface area contributed by atoms with Crippen molar-refractivity contribution < 1.29 is 19.4 Å². The molecule has 0 saturated heterocycles. The smallest absolute Gasteiger partial charge is 0.339 e. The maximum Gasteiger partial charge on any atom is 0.339 e. The van der Waals surface area contributed by atoms with E-state index in [2.05, 4.69) is 13.8 Å². The highest BCUT2D eigenvalue weighted by atomic mass is 16.5. The van der Waals surface area contributed by atoms with E-state index in [0.717, 1.165) is 17.5 Å². The van der Waals surface area contributed by atoms with Gasteiger partial charge in [0.25, 0.3) is 0 Å². The number of carboxylic acid groups (broad SMARTS) is 1. The van der Waals surface area contributed by atoms with Gasteiger partial charge in [-0.05, 0) is 42.5 Å². The van der Waals surface area contributed by atoms with Crippen LogP contribution in [0.15, 0.2) is 48.5 Å². The fraction of sp³-hybridized carbons (Fsp3) is 0.300. The lowest BCUT2D eigenvalue weighted by Gasteiger charge is -2.14. The van der Waals surface area contributed by atoms with Gasteiger partial charge in [-0.25, -0.2) is 4.79 Å². The summed E-state index contributed by atoms with van der Waals surface area (Å²) < 4.78 is 5.43. The van der Waals surface area contributed by atoms with Gasteiger partial charge < -0.3 is 9.84 Å². The van der Waals surface area contributed by atoms with E-state index in [1.54, 1.807) is 19.1 Å². The fourth-order valence-electron chi connectivity index (χ4n) is 2.50. The van der Waals surface area contributed by atoms with E-state index in [9.17, 15) is 14.7 Å². The molecule has 0 heterocycles. The first-order chi connectivity index (χ1) is 11.4. The number of aromatic carboxylic acids is 1. The number of hydrogen-bond donors (Lipinski definition) is 1. The van der Waals surface area contributed by atoms with Crippen molar-refractivity contribution in [2.75, 3.05) is 0 Å². The van der Waals surface area contributed by atoms with Crippen LogP contribution in [0.2, 0.25) is 0 Å². The molecule has 24 heavy (non-hydrogen) atoms. The Balaban J connectivity index is 2.26. The highest BCUT2D eigenvalue weighted by Gasteiger charge is 2.21. The van der Waals surface area contributed by atoms with E-state index in [1.165, 1.54) is 6.07 Å². The number of ether oxygens (including phenoxy) is 1. The first kappa shape index (κ1) is 17.7. The molecule has 126 valence electrons. The van der Waals surface area contributed by atoms with Crippen LogP contribution >= 0.6 is 0 Å². The van der Waals surface area contributed by atoms with Crippen molar-refractivity contribution in [1.29, 1.82) is 0 Å². The zero-order chi connectivity index (χ0) is 17.7. The van der Waals surface area contributed by atoms with Crippen molar-refractivity contribution in [1.82, 2.24) is 0 Å². The van der Waals surface area contributed by atoms with Crippen molar-refractivity contribution in [2.45, 2.75) is 33.1 Å². The first-order valence-electron chi connectivity index (χ1n) is 8.01. The van der Waals surface area contributed by atoms with Crippen LogP contribution in [0.5, 0.6) is 5.75 Å². The maximum absolute atomic E-state index is 12.4. The van der Waals surface area contributed by atoms with Crippen LogP contribution in [0.3, 0.4) is 0 Å². The molecule has 4 heteroatoms. The molecule has 1 N–H and O–H groups in total. The van der Waals surface area contributed by atoms with Crippen molar-refractivity contribution in [3.8, 4) is 5.75 Å². The van der Waals surface area contributed by atoms with Crippen molar-refractivity contribution in [2.24, 2.45) is 5.92 Å². The molecule has 1 atom stereocenters. The second-order valence-corrected chi connectivity index (χ2v) is 6.29. The zero-order valence-electron chi connectivity index (χ0n) is 14.2. The summed E-state index contributed by atoms with van der Waals surface area (Å²) in [5.41, 5.74) is 1.78. The van der Waals surface area contributed by atoms with Crippen LogP contribution in [-0.4, -0.2) is 17.0 Å². The second kappa shape index (κ2) is 7.77. The van der Waals surface area contributed by atoms with E-state index in [1.807, 2.05) is 30.3 Å². The minimum absolute atomic E-state index is 0.00359. The first-order valence-corrected chi connectivity index (χ1v) is 8.01. The maximum atomic E-state index is 12.4. The molecule has 0 amide bonds. The molecule has 2 rings (SSSR count). The lowest BCUT2D eigenvalue weighted by atomic mass is 10.0. The summed E-state index contributed by atoms with van der Waals surface area (Å²) in [6.07, 6.45) is 0.790. The Morgan fingerprint density at radius 2 is 1.71 bits per heavy atom. The minimum Gasteiger partial charge on any atom is -0.478 e. The second-order valence-electron chi connectivity index (χ2n) is 6.29. The highest BCUT2D eigenvalue weighted by molar-refractivity contribution is 5.92.